The summed E-state index contributed by atoms with van der Waals surface area (Å²) in [5, 5.41) is 7.73. The molecule has 3 aromatic rings. The van der Waals surface area contributed by atoms with E-state index in [1.165, 1.54) is 19.6 Å². The molecule has 1 saturated heterocycles. The molecule has 2 heterocycles. The normalized spacial score (nSPS) is 26.7. The van der Waals surface area contributed by atoms with E-state index in [9.17, 15) is 9.18 Å². The van der Waals surface area contributed by atoms with Gasteiger partial charge in [-0.1, -0.05) is 26.8 Å². The average molecular weight is 589 g/mol. The summed E-state index contributed by atoms with van der Waals surface area (Å²) >= 11 is 0. The van der Waals surface area contributed by atoms with E-state index in [4.69, 9.17) is 14.7 Å². The minimum atomic E-state index is -0.339. The molecule has 2 bridgehead atoms. The van der Waals surface area contributed by atoms with Crippen LogP contribution < -0.4 is 20.9 Å². The first kappa shape index (κ1) is 29.6. The lowest BCUT2D eigenvalue weighted by molar-refractivity contribution is -0.108. The van der Waals surface area contributed by atoms with Gasteiger partial charge in [-0.3, -0.25) is 9.36 Å². The van der Waals surface area contributed by atoms with Crippen molar-refractivity contribution in [1.29, 1.82) is 0 Å². The number of hydrogen-bond donors (Lipinski definition) is 2. The standard InChI is InChI=1S/C34H45FN6O2/c1-20-19-40(14-12-36-20)33(39-30-16-24-15-28(21(30)2)34(24,4)5)38-25-8-10-27-31(17-25)37-22(3)41(32(27)42)13-11-23-7-9-26(43-6)18-29(23)35/h7-10,17-18,20-21,24,28,30,36H,11-16,19H2,1-6H3,(H,38,39)/t20-,21-,24+,28-,30-/m0/s1. The highest BCUT2D eigenvalue weighted by Crippen LogP contribution is 2.61. The molecule has 0 amide bonds. The predicted molar refractivity (Wildman–Crippen MR) is 170 cm³/mol. The number of aliphatic imine (C=N–C) groups is 1. The summed E-state index contributed by atoms with van der Waals surface area (Å²) < 4.78 is 21.3. The zero-order chi connectivity index (χ0) is 30.5. The molecular formula is C34H45FN6O2. The molecule has 7 rings (SSSR count). The molecule has 43 heavy (non-hydrogen) atoms. The van der Waals surface area contributed by atoms with E-state index in [0.29, 0.717) is 64.4 Å². The fourth-order valence-corrected chi connectivity index (χ4v) is 7.66. The molecule has 1 aromatic heterocycles. The number of fused-ring (bicyclic) bond motifs is 3. The first-order valence-electron chi connectivity index (χ1n) is 15.7. The predicted octanol–water partition coefficient (Wildman–Crippen LogP) is 5.23. The third-order valence-electron chi connectivity index (χ3n) is 10.5. The van der Waals surface area contributed by atoms with Crippen LogP contribution >= 0.6 is 0 Å². The summed E-state index contributed by atoms with van der Waals surface area (Å²) in [6.45, 7) is 14.3. The fraction of sp³-hybridized carbons (Fsp3) is 0.559. The van der Waals surface area contributed by atoms with E-state index in [1.54, 1.807) is 16.7 Å². The van der Waals surface area contributed by atoms with E-state index >= 15 is 0 Å². The van der Waals surface area contributed by atoms with Crippen LogP contribution in [0.1, 0.15) is 51.9 Å². The summed E-state index contributed by atoms with van der Waals surface area (Å²) in [5.41, 5.74) is 2.34. The number of nitrogens with zero attached hydrogens (tertiary/aromatic N) is 4. The van der Waals surface area contributed by atoms with Gasteiger partial charge < -0.3 is 20.3 Å². The highest BCUT2D eigenvalue weighted by atomic mass is 19.1. The van der Waals surface area contributed by atoms with Gasteiger partial charge in [-0.05, 0) is 86.1 Å². The first-order chi connectivity index (χ1) is 20.5. The lowest BCUT2D eigenvalue weighted by Gasteiger charge is -2.61. The van der Waals surface area contributed by atoms with Gasteiger partial charge in [-0.2, -0.15) is 0 Å². The molecule has 2 N–H and O–H groups in total. The molecule has 8 nitrogen and oxygen atoms in total. The SMILES string of the molecule is COc1ccc(CCn2c(C)nc3cc(N/C(=N/[C@H]4C[C@H]5C[C@@H]([C@@H]4C)C5(C)C)N4CCN[C@@H](C)C4)ccc3c2=O)c(F)c1. The molecule has 0 spiro atoms. The summed E-state index contributed by atoms with van der Waals surface area (Å²) in [5.74, 6) is 3.65. The van der Waals surface area contributed by atoms with Gasteiger partial charge >= 0.3 is 0 Å². The van der Waals surface area contributed by atoms with Crippen molar-refractivity contribution < 1.29 is 9.13 Å². The number of hydrogen-bond acceptors (Lipinski definition) is 5. The van der Waals surface area contributed by atoms with E-state index in [0.717, 1.165) is 49.5 Å². The van der Waals surface area contributed by atoms with Crippen molar-refractivity contribution in [1.82, 2.24) is 19.8 Å². The van der Waals surface area contributed by atoms with Crippen molar-refractivity contribution in [3.63, 3.8) is 0 Å². The van der Waals surface area contributed by atoms with Crippen LogP contribution in [0.2, 0.25) is 0 Å². The van der Waals surface area contributed by atoms with Gasteiger partial charge in [0.2, 0.25) is 0 Å². The number of rotatable bonds is 6. The monoisotopic (exact) mass is 588 g/mol. The Morgan fingerprint density at radius 3 is 2.72 bits per heavy atom. The molecule has 4 fully saturated rings. The van der Waals surface area contributed by atoms with Crippen LogP contribution in [-0.2, 0) is 13.0 Å². The Labute approximate surface area is 253 Å². The fourth-order valence-electron chi connectivity index (χ4n) is 7.66. The minimum Gasteiger partial charge on any atom is -0.497 e. The lowest BCUT2D eigenvalue weighted by Crippen LogP contribution is -2.57. The Hall–Kier alpha value is -3.46. The largest absolute Gasteiger partial charge is 0.497 e. The highest BCUT2D eigenvalue weighted by molar-refractivity contribution is 5.96. The van der Waals surface area contributed by atoms with Crippen molar-refractivity contribution in [2.75, 3.05) is 32.1 Å². The third kappa shape index (κ3) is 5.64. The van der Waals surface area contributed by atoms with Crippen LogP contribution in [0, 0.1) is 35.9 Å². The Kier molecular flexibility index (Phi) is 7.96. The second-order valence-electron chi connectivity index (χ2n) is 13.5. The quantitative estimate of drug-likeness (QED) is 0.303. The smallest absolute Gasteiger partial charge is 0.261 e. The van der Waals surface area contributed by atoms with Crippen molar-refractivity contribution in [2.45, 2.75) is 72.5 Å². The van der Waals surface area contributed by atoms with Crippen molar-refractivity contribution >= 4 is 22.5 Å². The molecule has 9 heteroatoms. The maximum absolute atomic E-state index is 14.5. The van der Waals surface area contributed by atoms with Gasteiger partial charge in [-0.15, -0.1) is 0 Å². The lowest BCUT2D eigenvalue weighted by atomic mass is 9.45. The topological polar surface area (TPSA) is 83.8 Å². The molecule has 0 radical (unpaired) electrons. The van der Waals surface area contributed by atoms with Crippen molar-refractivity contribution in [3.05, 3.63) is 64.0 Å². The zero-order valence-corrected chi connectivity index (χ0v) is 26.3. The number of anilines is 1. The minimum absolute atomic E-state index is 0.120. The number of methoxy groups -OCH3 is 1. The highest BCUT2D eigenvalue weighted by Gasteiger charge is 2.56. The Morgan fingerprint density at radius 1 is 1.21 bits per heavy atom. The van der Waals surface area contributed by atoms with Crippen LogP contribution in [0.3, 0.4) is 0 Å². The number of aryl methyl sites for hydroxylation is 2. The van der Waals surface area contributed by atoms with Gasteiger partial charge in [0.1, 0.15) is 17.4 Å². The van der Waals surface area contributed by atoms with Crippen LogP contribution in [0.15, 0.2) is 46.2 Å². The second kappa shape index (κ2) is 11.6. The van der Waals surface area contributed by atoms with E-state index in [-0.39, 0.29) is 11.4 Å². The van der Waals surface area contributed by atoms with Crippen molar-refractivity contribution in [2.24, 2.45) is 28.2 Å². The number of ether oxygens (including phenoxy) is 1. The summed E-state index contributed by atoms with van der Waals surface area (Å²) in [6.07, 6.45) is 2.84. The molecule has 1 aliphatic heterocycles. The molecule has 2 aromatic carbocycles. The second-order valence-corrected chi connectivity index (χ2v) is 13.5. The third-order valence-corrected chi connectivity index (χ3v) is 10.5. The van der Waals surface area contributed by atoms with E-state index in [2.05, 4.69) is 43.2 Å². The maximum Gasteiger partial charge on any atom is 0.261 e. The van der Waals surface area contributed by atoms with Crippen LogP contribution in [-0.4, -0.2) is 59.2 Å². The zero-order valence-electron chi connectivity index (χ0n) is 26.3. The number of piperazine rings is 1. The Morgan fingerprint density at radius 2 is 2.02 bits per heavy atom. The average Bonchev–Trinajstić information content (AvgIpc) is 2.97. The van der Waals surface area contributed by atoms with E-state index < -0.39 is 0 Å². The summed E-state index contributed by atoms with van der Waals surface area (Å²) in [4.78, 5) is 26.1. The van der Waals surface area contributed by atoms with Gasteiger partial charge in [-0.25, -0.2) is 14.4 Å². The molecule has 3 saturated carbocycles. The van der Waals surface area contributed by atoms with Crippen LogP contribution in [0.4, 0.5) is 10.1 Å². The molecule has 3 aliphatic carbocycles. The molecule has 5 atom stereocenters. The Bertz CT molecular complexity index is 1600. The summed E-state index contributed by atoms with van der Waals surface area (Å²) in [7, 11) is 1.51. The maximum atomic E-state index is 14.5. The number of guanidine groups is 1. The molecule has 4 aliphatic rings. The van der Waals surface area contributed by atoms with Gasteiger partial charge in [0.05, 0.1) is 24.1 Å². The number of halogens is 1. The number of benzene rings is 2. The van der Waals surface area contributed by atoms with Gasteiger partial charge in [0.15, 0.2) is 5.96 Å². The first-order valence-corrected chi connectivity index (χ1v) is 15.7. The van der Waals surface area contributed by atoms with Crippen molar-refractivity contribution in [3.8, 4) is 5.75 Å². The van der Waals surface area contributed by atoms with Crippen LogP contribution in [0.25, 0.3) is 10.9 Å². The molecule has 0 unspecified atom stereocenters. The number of aromatic nitrogens is 2. The molecule has 230 valence electrons. The van der Waals surface area contributed by atoms with E-state index in [1.807, 2.05) is 25.1 Å². The van der Waals surface area contributed by atoms with Gasteiger partial charge in [0.25, 0.3) is 5.56 Å². The number of nitrogens with one attached hydrogen (secondary N) is 2. The molecular weight excluding hydrogens is 543 g/mol. The van der Waals surface area contributed by atoms with Gasteiger partial charge in [0, 0.05) is 44.0 Å². The summed E-state index contributed by atoms with van der Waals surface area (Å²) in [6, 6.07) is 11.2. The van der Waals surface area contributed by atoms with Crippen LogP contribution in [0.5, 0.6) is 5.75 Å². The Balaban J connectivity index is 1.25.